The minimum absolute atomic E-state index is 0.0666. The summed E-state index contributed by atoms with van der Waals surface area (Å²) in [5, 5.41) is 2.31. The van der Waals surface area contributed by atoms with Crippen LogP contribution in [0.1, 0.15) is 60.9 Å². The molecule has 0 spiro atoms. The monoisotopic (exact) mass is 447 g/mol. The second-order valence-corrected chi connectivity index (χ2v) is 9.27. The molecule has 0 aromatic heterocycles. The Labute approximate surface area is 185 Å². The lowest BCUT2D eigenvalue weighted by Crippen LogP contribution is -2.52. The van der Waals surface area contributed by atoms with E-state index in [1.54, 1.807) is 12.1 Å². The van der Waals surface area contributed by atoms with Gasteiger partial charge < -0.3 is 9.64 Å². The van der Waals surface area contributed by atoms with Gasteiger partial charge in [0.25, 0.3) is 11.8 Å². The standard InChI is InChI=1S/C23H27F2N3O4/c24-23(25)8-10-27(11-9-23)17-2-1-3-19(17)32-15-4-5-16-14(12-15)13-28(22(16)31)18-6-7-20(29)26-21(18)30/h4-5,12,17-19H,1-3,6-11,13H2,(H,26,29,30)/t17-,18?,19+/m1/s1. The quantitative estimate of drug-likeness (QED) is 0.718. The third-order valence-corrected chi connectivity index (χ3v) is 7.20. The number of nitrogens with zero attached hydrogens (tertiary/aromatic N) is 2. The highest BCUT2D eigenvalue weighted by Gasteiger charge is 2.42. The molecule has 3 heterocycles. The predicted molar refractivity (Wildman–Crippen MR) is 110 cm³/mol. The summed E-state index contributed by atoms with van der Waals surface area (Å²) in [5.41, 5.74) is 1.34. The van der Waals surface area contributed by atoms with Crippen molar-refractivity contribution in [1.82, 2.24) is 15.1 Å². The van der Waals surface area contributed by atoms with Crippen LogP contribution in [0.3, 0.4) is 0 Å². The number of nitrogens with one attached hydrogen (secondary N) is 1. The van der Waals surface area contributed by atoms with Crippen LogP contribution in [-0.2, 0) is 16.1 Å². The van der Waals surface area contributed by atoms with E-state index >= 15 is 0 Å². The van der Waals surface area contributed by atoms with Crippen LogP contribution >= 0.6 is 0 Å². The largest absolute Gasteiger partial charge is 0.489 e. The van der Waals surface area contributed by atoms with Crippen LogP contribution in [0.15, 0.2) is 18.2 Å². The molecule has 1 aromatic rings. The van der Waals surface area contributed by atoms with E-state index in [0.29, 0.717) is 37.4 Å². The SMILES string of the molecule is O=C1CCC(N2Cc3cc(O[C@H]4CCC[C@H]4N4CCC(F)(F)CC4)ccc3C2=O)C(=O)N1. The Hall–Kier alpha value is -2.55. The summed E-state index contributed by atoms with van der Waals surface area (Å²) in [6.45, 7) is 1.07. The molecule has 1 unspecified atom stereocenters. The molecule has 4 aliphatic rings. The van der Waals surface area contributed by atoms with Gasteiger partial charge in [-0.3, -0.25) is 24.6 Å². The number of ether oxygens (including phenoxy) is 1. The van der Waals surface area contributed by atoms with E-state index in [1.807, 2.05) is 6.07 Å². The molecule has 1 aliphatic carbocycles. The molecule has 32 heavy (non-hydrogen) atoms. The number of hydrogen-bond acceptors (Lipinski definition) is 5. The minimum atomic E-state index is -2.56. The molecule has 7 nitrogen and oxygen atoms in total. The summed E-state index contributed by atoms with van der Waals surface area (Å²) in [7, 11) is 0. The zero-order chi connectivity index (χ0) is 22.5. The fourth-order valence-corrected chi connectivity index (χ4v) is 5.44. The van der Waals surface area contributed by atoms with Crippen molar-refractivity contribution in [3.8, 4) is 5.75 Å². The number of carbonyl (C=O) groups excluding carboxylic acids is 3. The van der Waals surface area contributed by atoms with Gasteiger partial charge in [0.15, 0.2) is 0 Å². The van der Waals surface area contributed by atoms with Crippen LogP contribution in [0.25, 0.3) is 0 Å². The second kappa shape index (κ2) is 8.10. The van der Waals surface area contributed by atoms with E-state index in [0.717, 1.165) is 24.8 Å². The molecule has 0 bridgehead atoms. The van der Waals surface area contributed by atoms with Crippen LogP contribution in [0, 0.1) is 0 Å². The van der Waals surface area contributed by atoms with Gasteiger partial charge in [-0.25, -0.2) is 8.78 Å². The molecule has 3 aliphatic heterocycles. The van der Waals surface area contributed by atoms with Gasteiger partial charge in [0.2, 0.25) is 11.8 Å². The van der Waals surface area contributed by atoms with E-state index in [9.17, 15) is 23.2 Å². The first-order chi connectivity index (χ1) is 15.3. The smallest absolute Gasteiger partial charge is 0.255 e. The van der Waals surface area contributed by atoms with Crippen molar-refractivity contribution in [1.29, 1.82) is 0 Å². The molecule has 3 atom stereocenters. The maximum absolute atomic E-state index is 13.5. The van der Waals surface area contributed by atoms with Crippen molar-refractivity contribution in [3.05, 3.63) is 29.3 Å². The summed E-state index contributed by atoms with van der Waals surface area (Å²) in [4.78, 5) is 40.1. The third-order valence-electron chi connectivity index (χ3n) is 7.20. The normalized spacial score (nSPS) is 30.4. The van der Waals surface area contributed by atoms with Crippen molar-refractivity contribution < 1.29 is 27.9 Å². The zero-order valence-electron chi connectivity index (χ0n) is 17.8. The fraction of sp³-hybridized carbons (Fsp3) is 0.609. The first kappa shape index (κ1) is 21.3. The third kappa shape index (κ3) is 3.98. The van der Waals surface area contributed by atoms with Gasteiger partial charge in [0, 0.05) is 50.5 Å². The summed E-state index contributed by atoms with van der Waals surface area (Å²) in [6.07, 6.45) is 3.07. The number of amides is 3. The van der Waals surface area contributed by atoms with Gasteiger partial charge in [0.1, 0.15) is 17.9 Å². The fourth-order valence-electron chi connectivity index (χ4n) is 5.44. The number of alkyl halides is 2. The lowest BCUT2D eigenvalue weighted by molar-refractivity contribution is -0.136. The lowest BCUT2D eigenvalue weighted by atomic mass is 10.0. The maximum Gasteiger partial charge on any atom is 0.255 e. The van der Waals surface area contributed by atoms with Crippen LogP contribution in [0.5, 0.6) is 5.75 Å². The van der Waals surface area contributed by atoms with Crippen molar-refractivity contribution in [2.45, 2.75) is 75.6 Å². The molecule has 3 amide bonds. The highest BCUT2D eigenvalue weighted by atomic mass is 19.3. The zero-order valence-corrected chi connectivity index (χ0v) is 17.8. The number of fused-ring (bicyclic) bond motifs is 1. The molecule has 5 rings (SSSR count). The molecule has 9 heteroatoms. The van der Waals surface area contributed by atoms with Crippen molar-refractivity contribution in [2.75, 3.05) is 13.1 Å². The highest BCUT2D eigenvalue weighted by Crippen LogP contribution is 2.36. The van der Waals surface area contributed by atoms with Crippen molar-refractivity contribution >= 4 is 17.7 Å². The Balaban J connectivity index is 1.26. The number of carbonyl (C=O) groups is 3. The Morgan fingerprint density at radius 2 is 1.84 bits per heavy atom. The van der Waals surface area contributed by atoms with Crippen LogP contribution in [0.4, 0.5) is 8.78 Å². The van der Waals surface area contributed by atoms with E-state index in [2.05, 4.69) is 10.2 Å². The molecular weight excluding hydrogens is 420 g/mol. The van der Waals surface area contributed by atoms with Gasteiger partial charge in [-0.05, 0) is 49.4 Å². The second-order valence-electron chi connectivity index (χ2n) is 9.27. The summed E-state index contributed by atoms with van der Waals surface area (Å²) < 4.78 is 33.4. The average Bonchev–Trinajstić information content (AvgIpc) is 3.33. The molecule has 1 aromatic carbocycles. The average molecular weight is 447 g/mol. The number of halogens is 2. The molecule has 1 saturated carbocycles. The molecule has 0 radical (unpaired) electrons. The Bertz CT molecular complexity index is 943. The van der Waals surface area contributed by atoms with Gasteiger partial charge in [-0.2, -0.15) is 0 Å². The van der Waals surface area contributed by atoms with Crippen molar-refractivity contribution in [2.24, 2.45) is 0 Å². The van der Waals surface area contributed by atoms with Gasteiger partial charge >= 0.3 is 0 Å². The van der Waals surface area contributed by atoms with Crippen molar-refractivity contribution in [3.63, 3.8) is 0 Å². The first-order valence-electron chi connectivity index (χ1n) is 11.4. The van der Waals surface area contributed by atoms with Crippen LogP contribution in [0.2, 0.25) is 0 Å². The first-order valence-corrected chi connectivity index (χ1v) is 11.4. The van der Waals surface area contributed by atoms with E-state index < -0.39 is 17.9 Å². The van der Waals surface area contributed by atoms with Gasteiger partial charge in [-0.15, -0.1) is 0 Å². The van der Waals surface area contributed by atoms with Gasteiger partial charge in [0.05, 0.1) is 0 Å². The topological polar surface area (TPSA) is 79.0 Å². The molecule has 2 saturated heterocycles. The molecule has 172 valence electrons. The summed E-state index contributed by atoms with van der Waals surface area (Å²) in [5.74, 6) is -2.86. The number of likely N-dealkylation sites (tertiary alicyclic amines) is 1. The Morgan fingerprint density at radius 1 is 1.06 bits per heavy atom. The predicted octanol–water partition coefficient (Wildman–Crippen LogP) is 2.48. The van der Waals surface area contributed by atoms with E-state index in [1.165, 1.54) is 4.90 Å². The summed E-state index contributed by atoms with van der Waals surface area (Å²) in [6, 6.07) is 4.82. The molecule has 1 N–H and O–H groups in total. The lowest BCUT2D eigenvalue weighted by Gasteiger charge is -2.38. The van der Waals surface area contributed by atoms with E-state index in [-0.39, 0.29) is 43.2 Å². The molecule has 3 fully saturated rings. The maximum atomic E-state index is 13.5. The summed E-state index contributed by atoms with van der Waals surface area (Å²) >= 11 is 0. The van der Waals surface area contributed by atoms with Crippen LogP contribution < -0.4 is 10.1 Å². The number of hydrogen-bond donors (Lipinski definition) is 1. The number of piperidine rings is 2. The minimum Gasteiger partial charge on any atom is -0.489 e. The Kier molecular flexibility index (Phi) is 5.39. The number of benzene rings is 1. The molecular formula is C23H27F2N3O4. The van der Waals surface area contributed by atoms with E-state index in [4.69, 9.17) is 4.74 Å². The Morgan fingerprint density at radius 3 is 2.59 bits per heavy atom. The van der Waals surface area contributed by atoms with Gasteiger partial charge in [-0.1, -0.05) is 0 Å². The highest BCUT2D eigenvalue weighted by molar-refractivity contribution is 6.05. The number of rotatable bonds is 4. The number of imide groups is 1. The van der Waals surface area contributed by atoms with Crippen LogP contribution in [-0.4, -0.2) is 64.7 Å².